The number of rotatable bonds is 2. The lowest BCUT2D eigenvalue weighted by Gasteiger charge is -2.25. The number of urea groups is 1. The molecule has 0 aliphatic carbocycles. The predicted octanol–water partition coefficient (Wildman–Crippen LogP) is 4.39. The largest absolute Gasteiger partial charge is 0.327 e. The Kier molecular flexibility index (Phi) is 3.86. The Hall–Kier alpha value is -1.97. The van der Waals surface area contributed by atoms with Gasteiger partial charge < -0.3 is 10.6 Å². The molecule has 21 heavy (non-hydrogen) atoms. The van der Waals surface area contributed by atoms with Crippen molar-refractivity contribution in [2.75, 3.05) is 0 Å². The Morgan fingerprint density at radius 1 is 0.905 bits per heavy atom. The van der Waals surface area contributed by atoms with E-state index in [2.05, 4.69) is 10.6 Å². The number of nitrogens with one attached hydrogen (secondary N) is 2. The fourth-order valence-corrected chi connectivity index (χ4v) is 2.89. The Labute approximate surface area is 132 Å². The Bertz CT molecular complexity index is 693. The van der Waals surface area contributed by atoms with Crippen LogP contribution in [0.1, 0.15) is 17.2 Å². The summed E-state index contributed by atoms with van der Waals surface area (Å²) in [6.45, 7) is 0. The van der Waals surface area contributed by atoms with Gasteiger partial charge in [-0.05, 0) is 23.8 Å². The van der Waals surface area contributed by atoms with Gasteiger partial charge in [0.1, 0.15) is 0 Å². The van der Waals surface area contributed by atoms with Gasteiger partial charge in [-0.2, -0.15) is 0 Å². The van der Waals surface area contributed by atoms with Crippen molar-refractivity contribution in [1.29, 1.82) is 0 Å². The summed E-state index contributed by atoms with van der Waals surface area (Å²) in [6.07, 6.45) is 1.91. The van der Waals surface area contributed by atoms with Gasteiger partial charge in [0.2, 0.25) is 0 Å². The van der Waals surface area contributed by atoms with E-state index in [1.807, 2.05) is 36.4 Å². The number of amides is 2. The molecule has 0 bridgehead atoms. The van der Waals surface area contributed by atoms with E-state index in [4.69, 9.17) is 23.2 Å². The molecular weight excluding hydrogens is 307 g/mol. The van der Waals surface area contributed by atoms with E-state index in [-0.39, 0.29) is 12.1 Å². The first-order valence-electron chi connectivity index (χ1n) is 6.44. The van der Waals surface area contributed by atoms with E-state index < -0.39 is 0 Å². The van der Waals surface area contributed by atoms with Crippen LogP contribution in [0, 0.1) is 0 Å². The van der Waals surface area contributed by atoms with Gasteiger partial charge in [-0.3, -0.25) is 0 Å². The summed E-state index contributed by atoms with van der Waals surface area (Å²) in [7, 11) is 0. The van der Waals surface area contributed by atoms with Crippen molar-refractivity contribution in [2.24, 2.45) is 0 Å². The van der Waals surface area contributed by atoms with Crippen LogP contribution in [0.25, 0.3) is 5.70 Å². The molecule has 0 saturated heterocycles. The van der Waals surface area contributed by atoms with Crippen molar-refractivity contribution in [3.63, 3.8) is 0 Å². The van der Waals surface area contributed by atoms with Crippen molar-refractivity contribution >= 4 is 34.9 Å². The number of benzene rings is 2. The molecule has 2 N–H and O–H groups in total. The lowest BCUT2D eigenvalue weighted by atomic mass is 10.0. The van der Waals surface area contributed by atoms with Crippen LogP contribution in [0.15, 0.2) is 54.6 Å². The lowest BCUT2D eigenvalue weighted by molar-refractivity contribution is 0.241. The maximum absolute atomic E-state index is 11.9. The average molecular weight is 319 g/mol. The number of hydrogen-bond donors (Lipinski definition) is 2. The minimum absolute atomic E-state index is 0.220. The first-order chi connectivity index (χ1) is 10.1. The number of carbonyl (C=O) groups excluding carboxylic acids is 1. The highest BCUT2D eigenvalue weighted by Gasteiger charge is 2.22. The molecule has 1 unspecified atom stereocenters. The molecule has 0 radical (unpaired) electrons. The Morgan fingerprint density at radius 2 is 1.57 bits per heavy atom. The summed E-state index contributed by atoms with van der Waals surface area (Å²) in [4.78, 5) is 11.9. The van der Waals surface area contributed by atoms with Gasteiger partial charge in [0.15, 0.2) is 0 Å². The molecule has 2 aromatic carbocycles. The smallest absolute Gasteiger partial charge is 0.319 e. The second-order valence-electron chi connectivity index (χ2n) is 4.66. The second-order valence-corrected chi connectivity index (χ2v) is 5.48. The summed E-state index contributed by atoms with van der Waals surface area (Å²) in [5.41, 5.74) is 2.24. The number of halogens is 2. The molecule has 0 aromatic heterocycles. The Balaban J connectivity index is 2.05. The highest BCUT2D eigenvalue weighted by molar-refractivity contribution is 6.37. The minimum Gasteiger partial charge on any atom is -0.327 e. The summed E-state index contributed by atoms with van der Waals surface area (Å²) < 4.78 is 0. The van der Waals surface area contributed by atoms with Crippen molar-refractivity contribution < 1.29 is 4.79 Å². The van der Waals surface area contributed by atoms with Crippen molar-refractivity contribution in [3.05, 3.63) is 75.8 Å². The maximum Gasteiger partial charge on any atom is 0.319 e. The van der Waals surface area contributed by atoms with E-state index >= 15 is 0 Å². The van der Waals surface area contributed by atoms with E-state index in [1.165, 1.54) is 0 Å². The third-order valence-electron chi connectivity index (χ3n) is 3.26. The molecule has 1 aliphatic rings. The topological polar surface area (TPSA) is 41.1 Å². The van der Waals surface area contributed by atoms with E-state index in [1.54, 1.807) is 18.2 Å². The van der Waals surface area contributed by atoms with Crippen LogP contribution in [-0.2, 0) is 0 Å². The highest BCUT2D eigenvalue weighted by Crippen LogP contribution is 2.32. The zero-order valence-electron chi connectivity index (χ0n) is 10.9. The summed E-state index contributed by atoms with van der Waals surface area (Å²) in [5, 5.41) is 6.62. The van der Waals surface area contributed by atoms with Crippen molar-refractivity contribution in [1.82, 2.24) is 10.6 Å². The van der Waals surface area contributed by atoms with Crippen LogP contribution in [0.4, 0.5) is 4.79 Å². The van der Waals surface area contributed by atoms with Gasteiger partial charge in [0.25, 0.3) is 0 Å². The van der Waals surface area contributed by atoms with E-state index in [0.29, 0.717) is 21.3 Å². The standard InChI is InChI=1S/C16H12Cl2N2O/c17-11-7-4-8-12(18)15(11)14-9-13(19-16(21)20-14)10-5-2-1-3-6-10/h1-9,13H,(H2,19,20,21). The van der Waals surface area contributed by atoms with Gasteiger partial charge in [0, 0.05) is 5.56 Å². The van der Waals surface area contributed by atoms with E-state index in [9.17, 15) is 4.79 Å². The maximum atomic E-state index is 11.9. The summed E-state index contributed by atoms with van der Waals surface area (Å²) in [5.74, 6) is 0. The molecule has 0 spiro atoms. The van der Waals surface area contributed by atoms with Gasteiger partial charge in [-0.15, -0.1) is 0 Å². The Morgan fingerprint density at radius 3 is 2.24 bits per heavy atom. The molecule has 3 nitrogen and oxygen atoms in total. The third kappa shape index (κ3) is 2.89. The number of carbonyl (C=O) groups is 1. The van der Waals surface area contributed by atoms with Crippen LogP contribution >= 0.6 is 23.2 Å². The lowest BCUT2D eigenvalue weighted by Crippen LogP contribution is -2.40. The molecule has 0 saturated carbocycles. The molecule has 3 rings (SSSR count). The zero-order chi connectivity index (χ0) is 14.8. The molecule has 1 aliphatic heterocycles. The minimum atomic E-state index is -0.280. The molecule has 0 fully saturated rings. The molecule has 2 aromatic rings. The molecule has 106 valence electrons. The molecule has 5 heteroatoms. The monoisotopic (exact) mass is 318 g/mol. The highest BCUT2D eigenvalue weighted by atomic mass is 35.5. The van der Waals surface area contributed by atoms with Crippen LogP contribution in [0.5, 0.6) is 0 Å². The quantitative estimate of drug-likeness (QED) is 0.847. The van der Waals surface area contributed by atoms with Crippen molar-refractivity contribution in [3.8, 4) is 0 Å². The fourth-order valence-electron chi connectivity index (χ4n) is 2.29. The molecule has 1 atom stereocenters. The zero-order valence-corrected chi connectivity index (χ0v) is 12.4. The molecule has 1 heterocycles. The molecular formula is C16H12Cl2N2O. The normalized spacial score (nSPS) is 17.7. The SMILES string of the molecule is O=C1NC(c2c(Cl)cccc2Cl)=CC(c2ccccc2)N1. The van der Waals surface area contributed by atoms with Crippen LogP contribution in [-0.4, -0.2) is 6.03 Å². The average Bonchev–Trinajstić information content (AvgIpc) is 2.47. The van der Waals surface area contributed by atoms with E-state index in [0.717, 1.165) is 5.56 Å². The van der Waals surface area contributed by atoms with Gasteiger partial charge >= 0.3 is 6.03 Å². The fraction of sp³-hybridized carbons (Fsp3) is 0.0625. The van der Waals surface area contributed by atoms with Crippen LogP contribution in [0.2, 0.25) is 10.0 Å². The predicted molar refractivity (Wildman–Crippen MR) is 85.3 cm³/mol. The first-order valence-corrected chi connectivity index (χ1v) is 7.19. The van der Waals surface area contributed by atoms with Crippen LogP contribution in [0.3, 0.4) is 0 Å². The summed E-state index contributed by atoms with van der Waals surface area (Å²) >= 11 is 12.4. The summed E-state index contributed by atoms with van der Waals surface area (Å²) in [6, 6.07) is 14.5. The van der Waals surface area contributed by atoms with Gasteiger partial charge in [-0.25, -0.2) is 4.79 Å². The molecule has 2 amide bonds. The third-order valence-corrected chi connectivity index (χ3v) is 3.89. The second kappa shape index (κ2) is 5.80. The van der Waals surface area contributed by atoms with Crippen LogP contribution < -0.4 is 10.6 Å². The first kappa shape index (κ1) is 14.0. The van der Waals surface area contributed by atoms with Gasteiger partial charge in [-0.1, -0.05) is 59.6 Å². The number of hydrogen-bond acceptors (Lipinski definition) is 1. The van der Waals surface area contributed by atoms with Gasteiger partial charge in [0.05, 0.1) is 21.8 Å². The van der Waals surface area contributed by atoms with Crippen molar-refractivity contribution in [2.45, 2.75) is 6.04 Å².